The zero-order valence-corrected chi connectivity index (χ0v) is 12.8. The number of benzene rings is 1. The molecule has 1 aromatic carbocycles. The van der Waals surface area contributed by atoms with E-state index >= 15 is 0 Å². The fraction of sp³-hybridized carbons (Fsp3) is 0.500. The number of nitrogens with two attached hydrogens (primary N) is 1. The molecule has 1 aromatic rings. The minimum atomic E-state index is -3.76. The Kier molecular flexibility index (Phi) is 4.84. The Morgan fingerprint density at radius 1 is 1.38 bits per heavy atom. The fourth-order valence-electron chi connectivity index (χ4n) is 2.57. The van der Waals surface area contributed by atoms with Gasteiger partial charge < -0.3 is 10.5 Å². The Balaban J connectivity index is 2.24. The summed E-state index contributed by atoms with van der Waals surface area (Å²) < 4.78 is 32.0. The van der Waals surface area contributed by atoms with Crippen molar-refractivity contribution in [2.24, 2.45) is 5.92 Å². The minimum absolute atomic E-state index is 0.0450. The monoisotopic (exact) mass is 312 g/mol. The van der Waals surface area contributed by atoms with Gasteiger partial charge in [-0.05, 0) is 37.0 Å². The normalized spacial score (nSPS) is 16.0. The van der Waals surface area contributed by atoms with Crippen molar-refractivity contribution < 1.29 is 17.9 Å². The predicted octanol–water partition coefficient (Wildman–Crippen LogP) is 1.52. The first-order chi connectivity index (χ1) is 9.94. The topological polar surface area (TPSA) is 98.5 Å². The van der Waals surface area contributed by atoms with Gasteiger partial charge in [0.05, 0.1) is 17.6 Å². The summed E-state index contributed by atoms with van der Waals surface area (Å²) in [6.45, 7) is 0.396. The van der Waals surface area contributed by atoms with Crippen LogP contribution >= 0.6 is 0 Å². The molecular weight excluding hydrogens is 292 g/mol. The lowest BCUT2D eigenvalue weighted by atomic mass is 10.1. The zero-order valence-electron chi connectivity index (χ0n) is 12.0. The lowest BCUT2D eigenvalue weighted by molar-refractivity contribution is 0.0596. The maximum absolute atomic E-state index is 12.4. The van der Waals surface area contributed by atoms with Gasteiger partial charge in [-0.3, -0.25) is 0 Å². The second-order valence-electron chi connectivity index (χ2n) is 5.25. The molecule has 0 saturated heterocycles. The van der Waals surface area contributed by atoms with Gasteiger partial charge in [0.25, 0.3) is 0 Å². The van der Waals surface area contributed by atoms with Gasteiger partial charge in [-0.2, -0.15) is 0 Å². The summed E-state index contributed by atoms with van der Waals surface area (Å²) in [6.07, 6.45) is 4.35. The maximum Gasteiger partial charge on any atom is 0.339 e. The molecule has 0 radical (unpaired) electrons. The Hall–Kier alpha value is -1.60. The Morgan fingerprint density at radius 2 is 2.05 bits per heavy atom. The van der Waals surface area contributed by atoms with Gasteiger partial charge in [0.15, 0.2) is 0 Å². The molecule has 0 heterocycles. The highest BCUT2D eigenvalue weighted by Gasteiger charge is 2.25. The molecule has 1 aliphatic rings. The van der Waals surface area contributed by atoms with E-state index in [9.17, 15) is 13.2 Å². The van der Waals surface area contributed by atoms with E-state index in [0.717, 1.165) is 25.7 Å². The molecule has 21 heavy (non-hydrogen) atoms. The molecule has 0 aliphatic heterocycles. The fourth-order valence-corrected chi connectivity index (χ4v) is 3.86. The Morgan fingerprint density at radius 3 is 2.67 bits per heavy atom. The van der Waals surface area contributed by atoms with Gasteiger partial charge in [0.2, 0.25) is 10.0 Å². The number of rotatable bonds is 5. The number of carbonyl (C=O) groups excluding carboxylic acids is 1. The first-order valence-electron chi connectivity index (χ1n) is 6.91. The lowest BCUT2D eigenvalue weighted by Crippen LogP contribution is -2.30. The summed E-state index contributed by atoms with van der Waals surface area (Å²) in [5.74, 6) is -0.348. The van der Waals surface area contributed by atoms with Crippen LogP contribution in [0.5, 0.6) is 0 Å². The van der Waals surface area contributed by atoms with Gasteiger partial charge in [0.1, 0.15) is 0 Å². The van der Waals surface area contributed by atoms with Crippen molar-refractivity contribution in [3.05, 3.63) is 23.8 Å². The van der Waals surface area contributed by atoms with Crippen LogP contribution in [0.25, 0.3) is 0 Å². The van der Waals surface area contributed by atoms with Crippen molar-refractivity contribution in [1.82, 2.24) is 4.72 Å². The van der Waals surface area contributed by atoms with Crippen LogP contribution in [-0.2, 0) is 14.8 Å². The van der Waals surface area contributed by atoms with Crippen molar-refractivity contribution in [2.45, 2.75) is 30.6 Å². The molecule has 1 fully saturated rings. The van der Waals surface area contributed by atoms with E-state index < -0.39 is 16.0 Å². The second kappa shape index (κ2) is 6.44. The van der Waals surface area contributed by atoms with Crippen molar-refractivity contribution in [3.63, 3.8) is 0 Å². The van der Waals surface area contributed by atoms with Gasteiger partial charge in [-0.25, -0.2) is 17.9 Å². The highest BCUT2D eigenvalue weighted by molar-refractivity contribution is 7.89. The maximum atomic E-state index is 12.4. The number of nitrogen functional groups attached to an aromatic ring is 1. The molecule has 0 amide bonds. The van der Waals surface area contributed by atoms with Gasteiger partial charge >= 0.3 is 5.97 Å². The Bertz CT molecular complexity index is 622. The molecule has 2 rings (SSSR count). The Labute approximate surface area is 124 Å². The van der Waals surface area contributed by atoms with Crippen LogP contribution in [0.3, 0.4) is 0 Å². The van der Waals surface area contributed by atoms with Crippen LogP contribution in [0.2, 0.25) is 0 Å². The third-order valence-corrected chi connectivity index (χ3v) is 5.22. The number of sulfonamides is 1. The average Bonchev–Trinajstić information content (AvgIpc) is 2.97. The van der Waals surface area contributed by atoms with Crippen LogP contribution < -0.4 is 10.5 Å². The summed E-state index contributed by atoms with van der Waals surface area (Å²) in [6, 6.07) is 4.10. The number of hydrogen-bond acceptors (Lipinski definition) is 5. The molecule has 7 heteroatoms. The quantitative estimate of drug-likeness (QED) is 0.634. The number of carbonyl (C=O) groups is 1. The molecular formula is C14H20N2O4S. The molecule has 1 saturated carbocycles. The van der Waals surface area contributed by atoms with Crippen molar-refractivity contribution >= 4 is 21.7 Å². The predicted molar refractivity (Wildman–Crippen MR) is 79.3 cm³/mol. The van der Waals surface area contributed by atoms with Crippen molar-refractivity contribution in [2.75, 3.05) is 19.4 Å². The third kappa shape index (κ3) is 3.74. The van der Waals surface area contributed by atoms with E-state index in [2.05, 4.69) is 9.46 Å². The molecule has 6 nitrogen and oxygen atoms in total. The summed E-state index contributed by atoms with van der Waals surface area (Å²) in [7, 11) is -2.55. The molecule has 0 aromatic heterocycles. The smallest absolute Gasteiger partial charge is 0.339 e. The highest BCUT2D eigenvalue weighted by atomic mass is 32.2. The second-order valence-corrected chi connectivity index (χ2v) is 6.98. The molecule has 116 valence electrons. The number of esters is 1. The van der Waals surface area contributed by atoms with Gasteiger partial charge in [-0.1, -0.05) is 12.8 Å². The molecule has 1 aliphatic carbocycles. The molecule has 0 unspecified atom stereocenters. The number of ether oxygens (including phenoxy) is 1. The van der Waals surface area contributed by atoms with Crippen LogP contribution in [0.1, 0.15) is 36.0 Å². The zero-order chi connectivity index (χ0) is 15.5. The summed E-state index contributed by atoms with van der Waals surface area (Å²) in [5, 5.41) is 0. The largest absolute Gasteiger partial charge is 0.465 e. The average molecular weight is 312 g/mol. The first-order valence-corrected chi connectivity index (χ1v) is 8.40. The van der Waals surface area contributed by atoms with Crippen molar-refractivity contribution in [3.8, 4) is 0 Å². The summed E-state index contributed by atoms with van der Waals surface area (Å²) in [5.41, 5.74) is 5.88. The van der Waals surface area contributed by atoms with E-state index in [1.165, 1.54) is 25.3 Å². The number of nitrogens with one attached hydrogen (secondary N) is 1. The first kappa shape index (κ1) is 15.8. The van der Waals surface area contributed by atoms with Gasteiger partial charge in [0, 0.05) is 12.2 Å². The van der Waals surface area contributed by atoms with Crippen LogP contribution in [0.15, 0.2) is 23.1 Å². The summed E-state index contributed by atoms with van der Waals surface area (Å²) >= 11 is 0. The summed E-state index contributed by atoms with van der Waals surface area (Å²) in [4.78, 5) is 11.6. The van der Waals surface area contributed by atoms with Crippen molar-refractivity contribution in [1.29, 1.82) is 0 Å². The van der Waals surface area contributed by atoms with Gasteiger partial charge in [-0.15, -0.1) is 0 Å². The van der Waals surface area contributed by atoms with Crippen LogP contribution in [0.4, 0.5) is 5.69 Å². The molecule has 0 bridgehead atoms. The SMILES string of the molecule is COC(=O)c1cc(N)ccc1S(=O)(=O)NCC1CCCC1. The lowest BCUT2D eigenvalue weighted by Gasteiger charge is -2.13. The number of hydrogen-bond donors (Lipinski definition) is 2. The molecule has 0 atom stereocenters. The van der Waals surface area contributed by atoms with E-state index in [4.69, 9.17) is 5.73 Å². The van der Waals surface area contributed by atoms with E-state index in [0.29, 0.717) is 18.2 Å². The van der Waals surface area contributed by atoms with E-state index in [1.54, 1.807) is 0 Å². The highest BCUT2D eigenvalue weighted by Crippen LogP contribution is 2.25. The number of anilines is 1. The standard InChI is InChI=1S/C14H20N2O4S/c1-20-14(17)12-8-11(15)6-7-13(12)21(18,19)16-9-10-4-2-3-5-10/h6-8,10,16H,2-5,9,15H2,1H3. The number of methoxy groups -OCH3 is 1. The van der Waals surface area contributed by atoms with Crippen LogP contribution in [-0.4, -0.2) is 28.0 Å². The van der Waals surface area contributed by atoms with Crippen LogP contribution in [0, 0.1) is 5.92 Å². The molecule has 0 spiro atoms. The van der Waals surface area contributed by atoms with E-state index in [1.807, 2.05) is 0 Å². The minimum Gasteiger partial charge on any atom is -0.465 e. The van der Waals surface area contributed by atoms with E-state index in [-0.39, 0.29) is 10.5 Å². The molecule has 3 N–H and O–H groups in total. The third-order valence-electron chi connectivity index (χ3n) is 3.74.